The number of nitrogens with one attached hydrogen (secondary N) is 1. The highest BCUT2D eigenvalue weighted by molar-refractivity contribution is 9.10. The first-order valence-corrected chi connectivity index (χ1v) is 13.0. The number of benzene rings is 3. The summed E-state index contributed by atoms with van der Waals surface area (Å²) in [6.07, 6.45) is 0. The van der Waals surface area contributed by atoms with Crippen molar-refractivity contribution in [3.05, 3.63) is 104 Å². The summed E-state index contributed by atoms with van der Waals surface area (Å²) >= 11 is 3.38. The second-order valence-corrected chi connectivity index (χ2v) is 10.8. The first-order chi connectivity index (χ1) is 16.6. The van der Waals surface area contributed by atoms with Gasteiger partial charge in [0.2, 0.25) is 12.5 Å². The van der Waals surface area contributed by atoms with E-state index in [0.29, 0.717) is 22.0 Å². The number of fused-ring (bicyclic) bond motifs is 1. The smallest absolute Gasteiger partial charge is 0.263 e. The molecular weight excluding hydrogens is 534 g/mol. The number of nitrogens with zero attached hydrogens (tertiary/aromatic N) is 2. The summed E-state index contributed by atoms with van der Waals surface area (Å²) < 4.78 is 31.4. The minimum atomic E-state index is -4.11. The molecule has 0 bridgehead atoms. The molecule has 10 heteroatoms. The van der Waals surface area contributed by atoms with Gasteiger partial charge < -0.3 is 0 Å². The lowest BCUT2D eigenvalue weighted by Crippen LogP contribution is -2.21. The molecule has 0 aliphatic carbocycles. The highest BCUT2D eigenvalue weighted by atomic mass is 79.9. The van der Waals surface area contributed by atoms with Gasteiger partial charge >= 0.3 is 0 Å². The first-order valence-electron chi connectivity index (χ1n) is 10.7. The van der Waals surface area contributed by atoms with E-state index in [1.807, 2.05) is 6.92 Å². The number of aromatic nitrogens is 1. The zero-order chi connectivity index (χ0) is 25.3. The third kappa shape index (κ3) is 4.98. The van der Waals surface area contributed by atoms with Crippen LogP contribution < -0.4 is 4.72 Å². The summed E-state index contributed by atoms with van der Waals surface area (Å²) in [6, 6.07) is 20.2. The van der Waals surface area contributed by atoms with E-state index in [1.54, 1.807) is 60.7 Å². The van der Waals surface area contributed by atoms with E-state index < -0.39 is 33.3 Å². The number of carbonyl (C=O) groups is 1. The van der Waals surface area contributed by atoms with Crippen LogP contribution in [0.25, 0.3) is 10.9 Å². The lowest BCUT2D eigenvalue weighted by atomic mass is 9.90. The molecule has 0 saturated carbocycles. The van der Waals surface area contributed by atoms with Crippen LogP contribution in [0.2, 0.25) is 0 Å². The van der Waals surface area contributed by atoms with Crippen molar-refractivity contribution in [2.75, 3.05) is 11.3 Å². The molecule has 0 radical (unpaired) electrons. The molecule has 0 saturated heterocycles. The van der Waals surface area contributed by atoms with Gasteiger partial charge in [-0.2, -0.15) is 0 Å². The summed E-state index contributed by atoms with van der Waals surface area (Å²) in [7, 11) is -4.11. The van der Waals surface area contributed by atoms with Crippen molar-refractivity contribution in [3.63, 3.8) is 0 Å². The van der Waals surface area contributed by atoms with Crippen LogP contribution in [0.15, 0.2) is 82.2 Å². The van der Waals surface area contributed by atoms with E-state index in [0.717, 1.165) is 10.0 Å². The Balaban J connectivity index is 2.01. The number of anilines is 1. The van der Waals surface area contributed by atoms with Crippen LogP contribution in [0.1, 0.15) is 34.3 Å². The zero-order valence-corrected chi connectivity index (χ0v) is 21.3. The molecule has 1 N–H and O–H groups in total. The van der Waals surface area contributed by atoms with E-state index in [-0.39, 0.29) is 10.7 Å². The quantitative estimate of drug-likeness (QED) is 0.236. The molecule has 1 atom stereocenters. The van der Waals surface area contributed by atoms with Crippen molar-refractivity contribution in [2.45, 2.75) is 24.7 Å². The summed E-state index contributed by atoms with van der Waals surface area (Å²) in [4.78, 5) is 24.1. The summed E-state index contributed by atoms with van der Waals surface area (Å²) in [5.74, 6) is -1.25. The van der Waals surface area contributed by atoms with Crippen molar-refractivity contribution in [3.8, 4) is 0 Å². The molecule has 1 aromatic heterocycles. The molecule has 0 spiro atoms. The largest absolute Gasteiger partial charge is 0.274 e. The number of hydrogen-bond donors (Lipinski definition) is 1. The second kappa shape index (κ2) is 9.63. The van der Waals surface area contributed by atoms with E-state index in [1.165, 1.54) is 23.6 Å². The topological polar surface area (TPSA) is 111 Å². The zero-order valence-electron chi connectivity index (χ0n) is 18.9. The number of para-hydroxylation sites is 1. The van der Waals surface area contributed by atoms with Crippen LogP contribution in [-0.2, 0) is 10.0 Å². The van der Waals surface area contributed by atoms with Crippen LogP contribution in [0, 0.1) is 17.0 Å². The minimum absolute atomic E-state index is 0.00552. The number of carbonyl (C=O) groups excluding carboxylic acids is 1. The molecule has 0 aliphatic heterocycles. The van der Waals surface area contributed by atoms with E-state index in [9.17, 15) is 23.3 Å². The Morgan fingerprint density at radius 1 is 1.06 bits per heavy atom. The predicted molar refractivity (Wildman–Crippen MR) is 138 cm³/mol. The van der Waals surface area contributed by atoms with Crippen LogP contribution in [0.5, 0.6) is 0 Å². The highest BCUT2D eigenvalue weighted by Gasteiger charge is 2.32. The number of aryl methyl sites for hydroxylation is 1. The molecular formula is C25H22BrN3O5S. The Morgan fingerprint density at radius 2 is 1.69 bits per heavy atom. The third-order valence-corrected chi connectivity index (χ3v) is 7.63. The first kappa shape index (κ1) is 24.6. The van der Waals surface area contributed by atoms with Gasteiger partial charge in [-0.15, -0.1) is 0 Å². The van der Waals surface area contributed by atoms with Gasteiger partial charge in [-0.05, 0) is 42.8 Å². The molecule has 3 aromatic carbocycles. The summed E-state index contributed by atoms with van der Waals surface area (Å²) in [5, 5.41) is 12.3. The molecule has 1 heterocycles. The Kier molecular flexibility index (Phi) is 6.77. The van der Waals surface area contributed by atoms with Crippen molar-refractivity contribution in [1.29, 1.82) is 0 Å². The van der Waals surface area contributed by atoms with E-state index in [2.05, 4.69) is 20.7 Å². The fraction of sp³-hybridized carbons (Fsp3) is 0.160. The number of halogens is 1. The average molecular weight is 556 g/mol. The molecule has 180 valence electrons. The van der Waals surface area contributed by atoms with Crippen molar-refractivity contribution >= 4 is 48.6 Å². The number of sulfonamides is 1. The lowest BCUT2D eigenvalue weighted by Gasteiger charge is -2.18. The maximum absolute atomic E-state index is 13.4. The Labute approximate surface area is 210 Å². The Hall–Kier alpha value is -3.50. The highest BCUT2D eigenvalue weighted by Crippen LogP contribution is 2.40. The SMILES string of the molecule is CC(=O)n1c(NS(=O)(=O)c2ccc(C)cc2)c(C(C[N+](=O)[O-])c2ccc(Br)cc2)c2ccccc21. The van der Waals surface area contributed by atoms with Gasteiger partial charge in [0.05, 0.1) is 16.3 Å². The molecule has 0 fully saturated rings. The van der Waals surface area contributed by atoms with Crippen LogP contribution >= 0.6 is 15.9 Å². The molecule has 8 nitrogen and oxygen atoms in total. The van der Waals surface area contributed by atoms with Crippen molar-refractivity contribution in [2.24, 2.45) is 0 Å². The number of nitro groups is 1. The average Bonchev–Trinajstić information content (AvgIpc) is 3.11. The van der Waals surface area contributed by atoms with Crippen molar-refractivity contribution in [1.82, 2.24) is 4.57 Å². The monoisotopic (exact) mass is 555 g/mol. The summed E-state index contributed by atoms with van der Waals surface area (Å²) in [5.41, 5.74) is 2.34. The van der Waals surface area contributed by atoms with Gasteiger partial charge in [0.25, 0.3) is 10.0 Å². The molecule has 1 unspecified atom stereocenters. The maximum Gasteiger partial charge on any atom is 0.263 e. The normalized spacial score (nSPS) is 12.4. The van der Waals surface area contributed by atoms with Crippen LogP contribution in [0.3, 0.4) is 0 Å². The summed E-state index contributed by atoms with van der Waals surface area (Å²) in [6.45, 7) is 2.67. The van der Waals surface area contributed by atoms with Gasteiger partial charge in [-0.25, -0.2) is 8.42 Å². The van der Waals surface area contributed by atoms with Gasteiger partial charge in [0.15, 0.2) is 0 Å². The Bertz CT molecular complexity index is 1530. The van der Waals surface area contributed by atoms with Gasteiger partial charge in [0, 0.05) is 27.3 Å². The van der Waals surface area contributed by atoms with Gasteiger partial charge in [0.1, 0.15) is 5.82 Å². The fourth-order valence-electron chi connectivity index (χ4n) is 4.16. The van der Waals surface area contributed by atoms with Gasteiger partial charge in [-0.3, -0.25) is 24.2 Å². The minimum Gasteiger partial charge on any atom is -0.274 e. The van der Waals surface area contributed by atoms with E-state index >= 15 is 0 Å². The molecule has 4 aromatic rings. The lowest BCUT2D eigenvalue weighted by molar-refractivity contribution is -0.481. The standard InChI is InChI=1S/C25H22BrN3O5S/c1-16-7-13-20(14-8-16)35(33,34)27-25-24(21-5-3-4-6-23(21)29(25)17(2)30)22(15-28(31)32)18-9-11-19(26)12-10-18/h3-14,22,27H,15H2,1-2H3. The predicted octanol–water partition coefficient (Wildman–Crippen LogP) is 5.58. The van der Waals surface area contributed by atoms with Crippen LogP contribution in [0.4, 0.5) is 5.82 Å². The Morgan fingerprint density at radius 3 is 2.29 bits per heavy atom. The van der Waals surface area contributed by atoms with Gasteiger partial charge in [-0.1, -0.05) is 64.0 Å². The number of rotatable bonds is 7. The molecule has 35 heavy (non-hydrogen) atoms. The number of hydrogen-bond acceptors (Lipinski definition) is 5. The second-order valence-electron chi connectivity index (χ2n) is 8.17. The molecule has 0 amide bonds. The van der Waals surface area contributed by atoms with E-state index in [4.69, 9.17) is 0 Å². The molecule has 0 aliphatic rings. The maximum atomic E-state index is 13.4. The fourth-order valence-corrected chi connectivity index (χ4v) is 5.49. The van der Waals surface area contributed by atoms with Crippen molar-refractivity contribution < 1.29 is 18.1 Å². The molecule has 4 rings (SSSR count). The third-order valence-electron chi connectivity index (χ3n) is 5.74. The van der Waals surface area contributed by atoms with Crippen LogP contribution in [-0.4, -0.2) is 30.4 Å².